The molecule has 2 rings (SSSR count). The Kier molecular flexibility index (Phi) is 5.08. The minimum Gasteiger partial charge on any atom is -0.399 e. The van der Waals surface area contributed by atoms with Gasteiger partial charge in [-0.1, -0.05) is 36.8 Å². The molecule has 0 aromatic heterocycles. The lowest BCUT2D eigenvalue weighted by atomic mass is 10.2. The fourth-order valence-electron chi connectivity index (χ4n) is 1.32. The first kappa shape index (κ1) is 13.1. The van der Waals surface area contributed by atoms with Crippen molar-refractivity contribution in [3.05, 3.63) is 59.7 Å². The van der Waals surface area contributed by atoms with Crippen molar-refractivity contribution in [3.63, 3.8) is 0 Å². The van der Waals surface area contributed by atoms with Crippen LogP contribution in [0.2, 0.25) is 0 Å². The lowest BCUT2D eigenvalue weighted by Crippen LogP contribution is -1.84. The van der Waals surface area contributed by atoms with Gasteiger partial charge in [0.25, 0.3) is 0 Å². The van der Waals surface area contributed by atoms with Crippen LogP contribution in [-0.2, 0) is 6.42 Å². The number of nitrogen functional groups attached to an aromatic ring is 2. The summed E-state index contributed by atoms with van der Waals surface area (Å²) in [5.74, 6) is 0. The van der Waals surface area contributed by atoms with Gasteiger partial charge in [0.15, 0.2) is 0 Å². The lowest BCUT2D eigenvalue weighted by Gasteiger charge is -1.94. The molecule has 2 nitrogen and oxygen atoms in total. The molecule has 0 saturated carbocycles. The molecular weight excluding hydrogens is 208 g/mol. The maximum absolute atomic E-state index is 5.48. The minimum atomic E-state index is 0.829. The van der Waals surface area contributed by atoms with Crippen LogP contribution in [0.3, 0.4) is 0 Å². The SMILES string of the molecule is CCc1ccc(N)cc1.Cc1ccc(N)cc1. The normalized spacial score (nSPS) is 9.29. The Morgan fingerprint density at radius 2 is 1.18 bits per heavy atom. The fourth-order valence-corrected chi connectivity index (χ4v) is 1.32. The number of benzene rings is 2. The zero-order valence-electron chi connectivity index (χ0n) is 10.5. The molecular formula is C15H20N2. The average Bonchev–Trinajstić information content (AvgIpc) is 2.35. The van der Waals surface area contributed by atoms with Gasteiger partial charge in [0, 0.05) is 11.4 Å². The van der Waals surface area contributed by atoms with E-state index in [4.69, 9.17) is 11.5 Å². The number of aryl methyl sites for hydroxylation is 2. The van der Waals surface area contributed by atoms with Gasteiger partial charge in [-0.05, 0) is 43.2 Å². The first-order valence-corrected chi connectivity index (χ1v) is 5.78. The largest absolute Gasteiger partial charge is 0.399 e. The topological polar surface area (TPSA) is 52.0 Å². The van der Waals surface area contributed by atoms with Gasteiger partial charge < -0.3 is 11.5 Å². The van der Waals surface area contributed by atoms with Crippen LogP contribution >= 0.6 is 0 Å². The molecule has 2 aromatic carbocycles. The standard InChI is InChI=1S/C8H11N.C7H9N/c1-2-7-3-5-8(9)6-4-7;1-6-2-4-7(8)5-3-6/h3-6H,2,9H2,1H3;2-5H,8H2,1H3. The molecule has 0 bridgehead atoms. The van der Waals surface area contributed by atoms with Crippen molar-refractivity contribution in [2.24, 2.45) is 0 Å². The summed E-state index contributed by atoms with van der Waals surface area (Å²) in [7, 11) is 0. The number of nitrogens with two attached hydrogens (primary N) is 2. The second-order valence-electron chi connectivity index (χ2n) is 4.01. The van der Waals surface area contributed by atoms with Crippen LogP contribution in [0.4, 0.5) is 11.4 Å². The van der Waals surface area contributed by atoms with E-state index in [9.17, 15) is 0 Å². The third-order valence-electron chi connectivity index (χ3n) is 2.47. The zero-order valence-corrected chi connectivity index (χ0v) is 10.5. The first-order chi connectivity index (χ1) is 8.11. The van der Waals surface area contributed by atoms with E-state index in [1.165, 1.54) is 11.1 Å². The summed E-state index contributed by atoms with van der Waals surface area (Å²) in [5, 5.41) is 0. The van der Waals surface area contributed by atoms with E-state index in [0.29, 0.717) is 0 Å². The highest BCUT2D eigenvalue weighted by Gasteiger charge is 1.85. The third-order valence-corrected chi connectivity index (χ3v) is 2.47. The predicted molar refractivity (Wildman–Crippen MR) is 75.8 cm³/mol. The molecule has 90 valence electrons. The Labute approximate surface area is 103 Å². The van der Waals surface area contributed by atoms with Crippen molar-refractivity contribution < 1.29 is 0 Å². The van der Waals surface area contributed by atoms with E-state index >= 15 is 0 Å². The van der Waals surface area contributed by atoms with Crippen LogP contribution < -0.4 is 11.5 Å². The Bertz CT molecular complexity index is 408. The molecule has 0 heterocycles. The zero-order chi connectivity index (χ0) is 12.7. The second kappa shape index (κ2) is 6.59. The van der Waals surface area contributed by atoms with E-state index in [-0.39, 0.29) is 0 Å². The Hall–Kier alpha value is -1.96. The van der Waals surface area contributed by atoms with Crippen LogP contribution in [0.25, 0.3) is 0 Å². The van der Waals surface area contributed by atoms with E-state index in [1.54, 1.807) is 0 Å². The average molecular weight is 228 g/mol. The summed E-state index contributed by atoms with van der Waals surface area (Å²) in [4.78, 5) is 0. The Balaban J connectivity index is 0.000000171. The first-order valence-electron chi connectivity index (χ1n) is 5.78. The molecule has 4 N–H and O–H groups in total. The van der Waals surface area contributed by atoms with Crippen LogP contribution in [0.1, 0.15) is 18.1 Å². The van der Waals surface area contributed by atoms with Crippen LogP contribution in [0, 0.1) is 6.92 Å². The second-order valence-corrected chi connectivity index (χ2v) is 4.01. The number of rotatable bonds is 1. The quantitative estimate of drug-likeness (QED) is 0.735. The Morgan fingerprint density at radius 1 is 0.765 bits per heavy atom. The fraction of sp³-hybridized carbons (Fsp3) is 0.200. The summed E-state index contributed by atoms with van der Waals surface area (Å²) in [6.45, 7) is 4.17. The van der Waals surface area contributed by atoms with Crippen molar-refractivity contribution in [2.75, 3.05) is 11.5 Å². The summed E-state index contributed by atoms with van der Waals surface area (Å²) in [6, 6.07) is 15.7. The summed E-state index contributed by atoms with van der Waals surface area (Å²) in [6.07, 6.45) is 1.08. The van der Waals surface area contributed by atoms with Gasteiger partial charge in [-0.2, -0.15) is 0 Å². The van der Waals surface area contributed by atoms with Crippen LogP contribution in [-0.4, -0.2) is 0 Å². The molecule has 0 unspecified atom stereocenters. The van der Waals surface area contributed by atoms with Crippen molar-refractivity contribution in [3.8, 4) is 0 Å². The van der Waals surface area contributed by atoms with E-state index < -0.39 is 0 Å². The van der Waals surface area contributed by atoms with Crippen molar-refractivity contribution >= 4 is 11.4 Å². The summed E-state index contributed by atoms with van der Waals surface area (Å²) < 4.78 is 0. The van der Waals surface area contributed by atoms with Crippen LogP contribution in [0.15, 0.2) is 48.5 Å². The molecule has 0 saturated heterocycles. The molecule has 0 aliphatic heterocycles. The molecule has 17 heavy (non-hydrogen) atoms. The number of anilines is 2. The molecule has 2 heteroatoms. The summed E-state index contributed by atoms with van der Waals surface area (Å²) >= 11 is 0. The van der Waals surface area contributed by atoms with Gasteiger partial charge in [-0.25, -0.2) is 0 Å². The van der Waals surface area contributed by atoms with E-state index in [1.807, 2.05) is 43.3 Å². The third kappa shape index (κ3) is 5.07. The molecule has 2 aromatic rings. The van der Waals surface area contributed by atoms with E-state index in [0.717, 1.165) is 17.8 Å². The predicted octanol–water partition coefficient (Wildman–Crippen LogP) is 3.41. The van der Waals surface area contributed by atoms with Crippen molar-refractivity contribution in [1.82, 2.24) is 0 Å². The highest BCUT2D eigenvalue weighted by atomic mass is 14.5. The van der Waals surface area contributed by atoms with Crippen molar-refractivity contribution in [2.45, 2.75) is 20.3 Å². The maximum Gasteiger partial charge on any atom is 0.0314 e. The molecule has 0 aliphatic carbocycles. The maximum atomic E-state index is 5.48. The molecule has 0 atom stereocenters. The van der Waals surface area contributed by atoms with E-state index in [2.05, 4.69) is 19.1 Å². The molecule has 0 radical (unpaired) electrons. The monoisotopic (exact) mass is 228 g/mol. The van der Waals surface area contributed by atoms with Gasteiger partial charge in [-0.3, -0.25) is 0 Å². The van der Waals surface area contributed by atoms with Gasteiger partial charge >= 0.3 is 0 Å². The highest BCUT2D eigenvalue weighted by Crippen LogP contribution is 2.04. The van der Waals surface area contributed by atoms with Crippen molar-refractivity contribution in [1.29, 1.82) is 0 Å². The molecule has 0 fully saturated rings. The number of hydrogen-bond donors (Lipinski definition) is 2. The van der Waals surface area contributed by atoms with Gasteiger partial charge in [0.1, 0.15) is 0 Å². The lowest BCUT2D eigenvalue weighted by molar-refractivity contribution is 1.14. The van der Waals surface area contributed by atoms with Gasteiger partial charge in [-0.15, -0.1) is 0 Å². The summed E-state index contributed by atoms with van der Waals surface area (Å²) in [5.41, 5.74) is 15.2. The molecule has 0 amide bonds. The molecule has 0 spiro atoms. The molecule has 0 aliphatic rings. The highest BCUT2D eigenvalue weighted by molar-refractivity contribution is 5.39. The Morgan fingerprint density at radius 3 is 1.53 bits per heavy atom. The smallest absolute Gasteiger partial charge is 0.0314 e. The minimum absolute atomic E-state index is 0.829. The van der Waals surface area contributed by atoms with Gasteiger partial charge in [0.2, 0.25) is 0 Å². The van der Waals surface area contributed by atoms with Crippen LogP contribution in [0.5, 0.6) is 0 Å². The number of hydrogen-bond acceptors (Lipinski definition) is 2. The van der Waals surface area contributed by atoms with Gasteiger partial charge in [0.05, 0.1) is 0 Å².